The number of Topliss-reactive ketones (excluding diaryl/α,β-unsaturated/α-hetero) is 1. The van der Waals surface area contributed by atoms with E-state index < -0.39 is 5.97 Å². The lowest BCUT2D eigenvalue weighted by molar-refractivity contribution is -0.140. The van der Waals surface area contributed by atoms with E-state index in [4.69, 9.17) is 0 Å². The fraction of sp³-hybridized carbons (Fsp3) is 0.556. The molecule has 0 aliphatic heterocycles. The van der Waals surface area contributed by atoms with Gasteiger partial charge in [-0.05, 0) is 49.3 Å². The number of aryl methyl sites for hydroxylation is 2. The molecule has 0 spiro atoms. The molecule has 0 radical (unpaired) electrons. The average molecular weight is 288 g/mol. The molecule has 0 bridgehead atoms. The predicted octanol–water partition coefficient (Wildman–Crippen LogP) is 4.30. The highest BCUT2D eigenvalue weighted by Crippen LogP contribution is 2.43. The fourth-order valence-corrected chi connectivity index (χ4v) is 3.40. The molecule has 3 nitrogen and oxygen atoms in total. The van der Waals surface area contributed by atoms with Gasteiger partial charge >= 0.3 is 5.97 Å². The number of carboxylic acids is 1. The lowest BCUT2D eigenvalue weighted by atomic mass is 9.68. The molecule has 21 heavy (non-hydrogen) atoms. The van der Waals surface area contributed by atoms with Crippen LogP contribution in [0.1, 0.15) is 66.4 Å². The molecule has 114 valence electrons. The van der Waals surface area contributed by atoms with Gasteiger partial charge in [0.05, 0.1) is 6.42 Å². The Morgan fingerprint density at radius 2 is 1.71 bits per heavy atom. The van der Waals surface area contributed by atoms with Crippen molar-refractivity contribution < 1.29 is 14.7 Å². The van der Waals surface area contributed by atoms with Crippen molar-refractivity contribution in [2.24, 2.45) is 5.41 Å². The third kappa shape index (κ3) is 3.93. The summed E-state index contributed by atoms with van der Waals surface area (Å²) in [6.07, 6.45) is 5.41. The van der Waals surface area contributed by atoms with Crippen molar-refractivity contribution in [3.05, 3.63) is 34.9 Å². The van der Waals surface area contributed by atoms with Crippen molar-refractivity contribution in [2.75, 3.05) is 0 Å². The molecule has 0 saturated heterocycles. The molecule has 0 heterocycles. The van der Waals surface area contributed by atoms with Crippen molar-refractivity contribution in [1.82, 2.24) is 0 Å². The molecular weight excluding hydrogens is 264 g/mol. The van der Waals surface area contributed by atoms with Crippen molar-refractivity contribution in [2.45, 2.75) is 58.8 Å². The zero-order valence-corrected chi connectivity index (χ0v) is 12.9. The molecule has 2 rings (SSSR count). The van der Waals surface area contributed by atoms with Gasteiger partial charge in [-0.15, -0.1) is 0 Å². The van der Waals surface area contributed by atoms with Crippen LogP contribution in [0.3, 0.4) is 0 Å². The second kappa shape index (κ2) is 6.42. The van der Waals surface area contributed by atoms with Crippen molar-refractivity contribution >= 4 is 11.8 Å². The molecular formula is C18H24O3. The summed E-state index contributed by atoms with van der Waals surface area (Å²) in [5.41, 5.74) is 2.66. The minimum atomic E-state index is -0.787. The smallest absolute Gasteiger partial charge is 0.303 e. The van der Waals surface area contributed by atoms with E-state index in [0.29, 0.717) is 12.0 Å². The molecule has 1 aliphatic rings. The lowest BCUT2D eigenvalue weighted by Crippen LogP contribution is -2.30. The van der Waals surface area contributed by atoms with Gasteiger partial charge in [-0.3, -0.25) is 9.59 Å². The molecule has 1 aromatic carbocycles. The van der Waals surface area contributed by atoms with Crippen LogP contribution in [0.15, 0.2) is 18.2 Å². The highest BCUT2D eigenvalue weighted by molar-refractivity contribution is 5.97. The summed E-state index contributed by atoms with van der Waals surface area (Å²) >= 11 is 0. The van der Waals surface area contributed by atoms with Crippen LogP contribution < -0.4 is 0 Å². The van der Waals surface area contributed by atoms with Crippen LogP contribution in [-0.4, -0.2) is 16.9 Å². The molecule has 0 amide bonds. The van der Waals surface area contributed by atoms with Crippen LogP contribution in [0.25, 0.3) is 0 Å². The van der Waals surface area contributed by atoms with E-state index in [1.807, 2.05) is 32.0 Å². The Morgan fingerprint density at radius 1 is 1.05 bits per heavy atom. The Bertz CT molecular complexity index is 539. The number of carboxylic acid groups (broad SMARTS) is 1. The summed E-state index contributed by atoms with van der Waals surface area (Å²) < 4.78 is 0. The van der Waals surface area contributed by atoms with E-state index in [9.17, 15) is 14.7 Å². The molecule has 0 aromatic heterocycles. The van der Waals surface area contributed by atoms with Crippen molar-refractivity contribution in [3.63, 3.8) is 0 Å². The Labute approximate surface area is 126 Å². The number of hydrogen-bond donors (Lipinski definition) is 1. The third-order valence-corrected chi connectivity index (χ3v) is 4.80. The first-order chi connectivity index (χ1) is 9.92. The van der Waals surface area contributed by atoms with Gasteiger partial charge in [-0.25, -0.2) is 0 Å². The normalized spacial score (nSPS) is 17.4. The molecule has 1 N–H and O–H groups in total. The number of aliphatic carboxylic acids is 1. The van der Waals surface area contributed by atoms with E-state index in [-0.39, 0.29) is 17.6 Å². The Hall–Kier alpha value is -1.64. The first-order valence-corrected chi connectivity index (χ1v) is 7.74. The summed E-state index contributed by atoms with van der Waals surface area (Å²) in [5.74, 6) is -0.703. The maximum Gasteiger partial charge on any atom is 0.303 e. The van der Waals surface area contributed by atoms with E-state index in [1.165, 1.54) is 5.56 Å². The van der Waals surface area contributed by atoms with Gasteiger partial charge in [0.2, 0.25) is 0 Å². The molecule has 1 fully saturated rings. The largest absolute Gasteiger partial charge is 0.481 e. The summed E-state index contributed by atoms with van der Waals surface area (Å²) in [6.45, 7) is 4.02. The Morgan fingerprint density at radius 3 is 2.29 bits per heavy atom. The van der Waals surface area contributed by atoms with Crippen molar-refractivity contribution in [1.29, 1.82) is 0 Å². The maximum absolute atomic E-state index is 12.6. The molecule has 3 heteroatoms. The lowest BCUT2D eigenvalue weighted by Gasteiger charge is -2.35. The topological polar surface area (TPSA) is 54.4 Å². The van der Waals surface area contributed by atoms with Crippen LogP contribution in [0, 0.1) is 19.3 Å². The van der Waals surface area contributed by atoms with E-state index >= 15 is 0 Å². The predicted molar refractivity (Wildman–Crippen MR) is 82.6 cm³/mol. The van der Waals surface area contributed by atoms with Gasteiger partial charge in [-0.2, -0.15) is 0 Å². The van der Waals surface area contributed by atoms with Crippen molar-refractivity contribution in [3.8, 4) is 0 Å². The van der Waals surface area contributed by atoms with Gasteiger partial charge < -0.3 is 5.11 Å². The van der Waals surface area contributed by atoms with Crippen LogP contribution in [0.4, 0.5) is 0 Å². The minimum Gasteiger partial charge on any atom is -0.481 e. The van der Waals surface area contributed by atoms with E-state index in [1.54, 1.807) is 0 Å². The summed E-state index contributed by atoms with van der Waals surface area (Å²) in [6, 6.07) is 5.75. The van der Waals surface area contributed by atoms with Gasteiger partial charge in [-0.1, -0.05) is 31.4 Å². The number of hydrogen-bond acceptors (Lipinski definition) is 2. The summed E-state index contributed by atoms with van der Waals surface area (Å²) in [5, 5.41) is 9.18. The van der Waals surface area contributed by atoms with Crippen LogP contribution >= 0.6 is 0 Å². The highest BCUT2D eigenvalue weighted by Gasteiger charge is 2.36. The molecule has 1 aromatic rings. The second-order valence-corrected chi connectivity index (χ2v) is 6.53. The van der Waals surface area contributed by atoms with Crippen LogP contribution in [-0.2, 0) is 4.79 Å². The quantitative estimate of drug-likeness (QED) is 0.822. The average Bonchev–Trinajstić information content (AvgIpc) is 2.41. The summed E-state index contributed by atoms with van der Waals surface area (Å²) in [7, 11) is 0. The zero-order valence-electron chi connectivity index (χ0n) is 12.9. The molecule has 0 atom stereocenters. The van der Waals surface area contributed by atoms with Gasteiger partial charge in [0.1, 0.15) is 0 Å². The number of ketones is 1. The molecule has 1 saturated carbocycles. The van der Waals surface area contributed by atoms with E-state index in [0.717, 1.165) is 37.7 Å². The Kier molecular flexibility index (Phi) is 4.81. The maximum atomic E-state index is 12.6. The third-order valence-electron chi connectivity index (χ3n) is 4.80. The molecule has 1 aliphatic carbocycles. The standard InChI is InChI=1S/C18H24O3/c1-13-6-7-15(10-14(13)2)16(19)11-18(12-17(20)21)8-4-3-5-9-18/h6-7,10H,3-5,8-9,11-12H2,1-2H3,(H,20,21). The van der Waals surface area contributed by atoms with Crippen LogP contribution in [0.5, 0.6) is 0 Å². The fourth-order valence-electron chi connectivity index (χ4n) is 3.40. The number of rotatable bonds is 5. The minimum absolute atomic E-state index is 0.0845. The first-order valence-electron chi connectivity index (χ1n) is 7.74. The zero-order chi connectivity index (χ0) is 15.5. The van der Waals surface area contributed by atoms with Gasteiger partial charge in [0.25, 0.3) is 0 Å². The number of carbonyl (C=O) groups excluding carboxylic acids is 1. The summed E-state index contributed by atoms with van der Waals surface area (Å²) in [4.78, 5) is 23.7. The van der Waals surface area contributed by atoms with Gasteiger partial charge in [0, 0.05) is 12.0 Å². The number of benzene rings is 1. The van der Waals surface area contributed by atoms with Crippen LogP contribution in [0.2, 0.25) is 0 Å². The SMILES string of the molecule is Cc1ccc(C(=O)CC2(CC(=O)O)CCCCC2)cc1C. The number of carbonyl (C=O) groups is 2. The monoisotopic (exact) mass is 288 g/mol. The van der Waals surface area contributed by atoms with Gasteiger partial charge in [0.15, 0.2) is 5.78 Å². The highest BCUT2D eigenvalue weighted by atomic mass is 16.4. The first kappa shape index (κ1) is 15.7. The second-order valence-electron chi connectivity index (χ2n) is 6.53. The molecule has 0 unspecified atom stereocenters. The Balaban J connectivity index is 2.17. The van der Waals surface area contributed by atoms with E-state index in [2.05, 4.69) is 0 Å².